The van der Waals surface area contributed by atoms with Crippen LogP contribution in [0.5, 0.6) is 0 Å². The zero-order valence-corrected chi connectivity index (χ0v) is 29.6. The van der Waals surface area contributed by atoms with E-state index in [2.05, 4.69) is 150 Å². The van der Waals surface area contributed by atoms with E-state index in [-0.39, 0.29) is 0 Å². The van der Waals surface area contributed by atoms with Crippen molar-refractivity contribution in [2.45, 2.75) is 5.41 Å². The van der Waals surface area contributed by atoms with Crippen molar-refractivity contribution < 1.29 is 0 Å². The second-order valence-electron chi connectivity index (χ2n) is 14.2. The minimum absolute atomic E-state index is 0.523. The number of benzene rings is 8. The van der Waals surface area contributed by atoms with Crippen LogP contribution >= 0.6 is 0 Å². The van der Waals surface area contributed by atoms with Crippen LogP contribution in [0.15, 0.2) is 182 Å². The van der Waals surface area contributed by atoms with Crippen LogP contribution in [-0.4, -0.2) is 15.0 Å². The highest BCUT2D eigenvalue weighted by Gasteiger charge is 2.52. The first kappa shape index (κ1) is 31.1. The van der Waals surface area contributed by atoms with E-state index in [0.717, 1.165) is 44.2 Å². The molecule has 1 spiro atoms. The van der Waals surface area contributed by atoms with Crippen molar-refractivity contribution in [3.8, 4) is 67.5 Å². The van der Waals surface area contributed by atoms with Gasteiger partial charge in [-0.2, -0.15) is 0 Å². The van der Waals surface area contributed by atoms with Crippen molar-refractivity contribution in [3.63, 3.8) is 0 Å². The Hall–Kier alpha value is -7.48. The summed E-state index contributed by atoms with van der Waals surface area (Å²) in [6, 6.07) is 63.8. The molecule has 11 rings (SSSR count). The monoisotopic (exact) mass is 698 g/mol. The lowest BCUT2D eigenvalue weighted by atomic mass is 9.70. The van der Waals surface area contributed by atoms with Crippen LogP contribution in [0, 0.1) is 6.57 Å². The van der Waals surface area contributed by atoms with Crippen LogP contribution in [0.25, 0.3) is 83.2 Å². The van der Waals surface area contributed by atoms with E-state index < -0.39 is 5.41 Å². The third kappa shape index (κ3) is 4.54. The van der Waals surface area contributed by atoms with Gasteiger partial charge in [-0.15, -0.1) is 0 Å². The molecule has 0 aliphatic heterocycles. The Labute approximate surface area is 318 Å². The van der Waals surface area contributed by atoms with Crippen LogP contribution < -0.4 is 0 Å². The van der Waals surface area contributed by atoms with Crippen molar-refractivity contribution >= 4 is 16.5 Å². The maximum absolute atomic E-state index is 7.95. The molecule has 4 nitrogen and oxygen atoms in total. The average Bonchev–Trinajstić information content (AvgIpc) is 3.73. The molecule has 0 amide bonds. The summed E-state index contributed by atoms with van der Waals surface area (Å²) >= 11 is 0. The molecule has 0 unspecified atom stereocenters. The minimum Gasteiger partial charge on any atom is -0.238 e. The van der Waals surface area contributed by atoms with Gasteiger partial charge >= 0.3 is 0 Å². The highest BCUT2D eigenvalue weighted by Crippen LogP contribution is 2.64. The molecule has 0 atom stereocenters. The molecule has 0 N–H and O–H groups in total. The molecule has 0 saturated carbocycles. The van der Waals surface area contributed by atoms with E-state index in [0.29, 0.717) is 23.2 Å². The maximum atomic E-state index is 7.95. The summed E-state index contributed by atoms with van der Waals surface area (Å²) in [6.45, 7) is 7.95. The highest BCUT2D eigenvalue weighted by atomic mass is 15.0. The van der Waals surface area contributed by atoms with Crippen molar-refractivity contribution in [3.05, 3.63) is 216 Å². The van der Waals surface area contributed by atoms with Crippen LogP contribution in [-0.2, 0) is 5.41 Å². The van der Waals surface area contributed by atoms with E-state index in [1.54, 1.807) is 0 Å². The van der Waals surface area contributed by atoms with Crippen LogP contribution in [0.2, 0.25) is 0 Å². The first-order chi connectivity index (χ1) is 27.2. The first-order valence-electron chi connectivity index (χ1n) is 18.5. The first-order valence-corrected chi connectivity index (χ1v) is 18.5. The van der Waals surface area contributed by atoms with E-state index in [4.69, 9.17) is 21.5 Å². The lowest BCUT2D eigenvalue weighted by Crippen LogP contribution is -2.25. The van der Waals surface area contributed by atoms with Crippen molar-refractivity contribution in [2.24, 2.45) is 0 Å². The normalized spacial score (nSPS) is 12.9. The summed E-state index contributed by atoms with van der Waals surface area (Å²) in [6.07, 6.45) is 0. The van der Waals surface area contributed by atoms with E-state index in [1.165, 1.54) is 38.9 Å². The Morgan fingerprint density at radius 3 is 1.67 bits per heavy atom. The fraction of sp³-hybridized carbons (Fsp3) is 0.0196. The fourth-order valence-electron chi connectivity index (χ4n) is 9.05. The number of aromatic nitrogens is 3. The largest absolute Gasteiger partial charge is 0.238 e. The lowest BCUT2D eigenvalue weighted by molar-refractivity contribution is 0.794. The van der Waals surface area contributed by atoms with Crippen molar-refractivity contribution in [1.82, 2.24) is 15.0 Å². The topological polar surface area (TPSA) is 43.0 Å². The molecule has 0 fully saturated rings. The standard InChI is InChI=1S/C51H30N4/c1-52-36-29-30-42-46(31-36)51(43-22-9-7-18-39(43)40-19-8-10-23-44(40)51)45-24-12-20-38(47(42)45)33-25-27-35(28-26-33)49-53-48(34-14-3-2-4-15-34)54-50(55-49)41-21-11-16-32-13-5-6-17-37(32)41/h2-31H. The SMILES string of the molecule is [C-]#[N+]c1ccc2c(c1)C1(c3ccccc3-c3ccccc31)c1cccc(-c3ccc(-c4nc(-c5ccccc5)nc(-c5cccc6ccccc56)n4)cc3)c1-2. The van der Waals surface area contributed by atoms with Gasteiger partial charge in [-0.1, -0.05) is 182 Å². The summed E-state index contributed by atoms with van der Waals surface area (Å²) < 4.78 is 0. The van der Waals surface area contributed by atoms with Gasteiger partial charge in [0.1, 0.15) is 0 Å². The fourth-order valence-corrected chi connectivity index (χ4v) is 9.05. The second-order valence-corrected chi connectivity index (χ2v) is 14.2. The van der Waals surface area contributed by atoms with Gasteiger partial charge < -0.3 is 0 Å². The summed E-state index contributed by atoms with van der Waals surface area (Å²) in [5.74, 6) is 1.90. The van der Waals surface area contributed by atoms with Gasteiger partial charge in [-0.05, 0) is 66.4 Å². The van der Waals surface area contributed by atoms with Gasteiger partial charge in [0.15, 0.2) is 23.2 Å². The Kier molecular flexibility index (Phi) is 6.80. The van der Waals surface area contributed by atoms with Gasteiger partial charge in [-0.3, -0.25) is 0 Å². The zero-order chi connectivity index (χ0) is 36.5. The summed E-state index contributed by atoms with van der Waals surface area (Å²) in [5.41, 5.74) is 15.0. The van der Waals surface area contributed by atoms with Gasteiger partial charge in [0.2, 0.25) is 0 Å². The molecule has 4 heteroatoms. The molecular formula is C51H30N4. The number of hydrogen-bond donors (Lipinski definition) is 0. The molecule has 2 aliphatic carbocycles. The minimum atomic E-state index is -0.523. The molecule has 9 aromatic rings. The smallest absolute Gasteiger partial charge is 0.187 e. The third-order valence-electron chi connectivity index (χ3n) is 11.4. The van der Waals surface area contributed by atoms with E-state index in [1.807, 2.05) is 36.4 Å². The Bertz CT molecular complexity index is 3000. The van der Waals surface area contributed by atoms with Gasteiger partial charge in [0.05, 0.1) is 12.0 Å². The molecule has 0 saturated heterocycles. The Morgan fingerprint density at radius 1 is 0.382 bits per heavy atom. The molecule has 8 aromatic carbocycles. The number of fused-ring (bicyclic) bond motifs is 11. The summed E-state index contributed by atoms with van der Waals surface area (Å²) in [5, 5.41) is 2.24. The highest BCUT2D eigenvalue weighted by molar-refractivity contribution is 6.01. The molecule has 1 aromatic heterocycles. The van der Waals surface area contributed by atoms with E-state index in [9.17, 15) is 0 Å². The zero-order valence-electron chi connectivity index (χ0n) is 29.6. The Balaban J connectivity index is 1.08. The molecular weight excluding hydrogens is 669 g/mol. The lowest BCUT2D eigenvalue weighted by Gasteiger charge is -2.30. The van der Waals surface area contributed by atoms with Gasteiger partial charge in [0.25, 0.3) is 0 Å². The summed E-state index contributed by atoms with van der Waals surface area (Å²) in [4.78, 5) is 19.0. The molecule has 0 radical (unpaired) electrons. The van der Waals surface area contributed by atoms with Gasteiger partial charge in [-0.25, -0.2) is 19.8 Å². The van der Waals surface area contributed by atoms with Gasteiger partial charge in [0, 0.05) is 16.7 Å². The number of nitrogens with zero attached hydrogens (tertiary/aromatic N) is 4. The third-order valence-corrected chi connectivity index (χ3v) is 11.4. The van der Waals surface area contributed by atoms with E-state index >= 15 is 0 Å². The average molecular weight is 699 g/mol. The molecule has 2 aliphatic rings. The molecule has 1 heterocycles. The quantitative estimate of drug-likeness (QED) is 0.172. The Morgan fingerprint density at radius 2 is 0.927 bits per heavy atom. The van der Waals surface area contributed by atoms with Crippen LogP contribution in [0.3, 0.4) is 0 Å². The summed E-state index contributed by atoms with van der Waals surface area (Å²) in [7, 11) is 0. The molecule has 55 heavy (non-hydrogen) atoms. The molecule has 254 valence electrons. The van der Waals surface area contributed by atoms with Crippen LogP contribution in [0.4, 0.5) is 5.69 Å². The second kappa shape index (κ2) is 12.0. The maximum Gasteiger partial charge on any atom is 0.187 e. The van der Waals surface area contributed by atoms with Crippen molar-refractivity contribution in [2.75, 3.05) is 0 Å². The number of hydrogen-bond acceptors (Lipinski definition) is 3. The predicted octanol–water partition coefficient (Wildman–Crippen LogP) is 12.6. The van der Waals surface area contributed by atoms with Crippen LogP contribution in [0.1, 0.15) is 22.3 Å². The predicted molar refractivity (Wildman–Crippen MR) is 222 cm³/mol. The molecule has 0 bridgehead atoms. The van der Waals surface area contributed by atoms with Crippen molar-refractivity contribution in [1.29, 1.82) is 0 Å². The number of rotatable bonds is 4.